The molecule has 0 radical (unpaired) electrons. The van der Waals surface area contributed by atoms with Crippen molar-refractivity contribution in [1.82, 2.24) is 9.80 Å². The number of para-hydroxylation sites is 1. The van der Waals surface area contributed by atoms with Crippen molar-refractivity contribution >= 4 is 29.1 Å². The summed E-state index contributed by atoms with van der Waals surface area (Å²) in [6.07, 6.45) is 2.75. The minimum absolute atomic E-state index is 0.00849. The molecule has 2 aromatic carbocycles. The first-order valence-corrected chi connectivity index (χ1v) is 13.4. The summed E-state index contributed by atoms with van der Waals surface area (Å²) in [6.45, 7) is 7.55. The first-order valence-electron chi connectivity index (χ1n) is 13.1. The van der Waals surface area contributed by atoms with E-state index < -0.39 is 0 Å². The number of aryl methyl sites for hydroxylation is 1. The van der Waals surface area contributed by atoms with Gasteiger partial charge in [-0.1, -0.05) is 35.9 Å². The summed E-state index contributed by atoms with van der Waals surface area (Å²) in [5.74, 6) is 0.842. The molecule has 2 amide bonds. The average molecular weight is 530 g/mol. The first kappa shape index (κ1) is 29.0. The zero-order valence-electron chi connectivity index (χ0n) is 22.5. The van der Waals surface area contributed by atoms with Gasteiger partial charge in [-0.25, -0.2) is 0 Å². The number of hydrogen-bond acceptors (Lipinski definition) is 5. The Morgan fingerprint density at radius 2 is 1.78 bits per heavy atom. The zero-order valence-corrected chi connectivity index (χ0v) is 23.3. The smallest absolute Gasteiger partial charge is 0.252 e. The number of fused-ring (bicyclic) bond motifs is 1. The Morgan fingerprint density at radius 1 is 1.00 bits per heavy atom. The van der Waals surface area contributed by atoms with Crippen LogP contribution < -0.4 is 9.64 Å². The summed E-state index contributed by atoms with van der Waals surface area (Å²) in [7, 11) is 3.19. The van der Waals surface area contributed by atoms with Crippen molar-refractivity contribution in [3.8, 4) is 5.75 Å². The Hall–Kier alpha value is -2.61. The van der Waals surface area contributed by atoms with Gasteiger partial charge in [-0.15, -0.1) is 0 Å². The van der Waals surface area contributed by atoms with E-state index in [-0.39, 0.29) is 18.4 Å². The molecule has 0 aliphatic carbocycles. The van der Waals surface area contributed by atoms with E-state index in [2.05, 4.69) is 18.7 Å². The van der Waals surface area contributed by atoms with Gasteiger partial charge in [-0.3, -0.25) is 14.5 Å². The maximum Gasteiger partial charge on any atom is 0.252 e. The SMILES string of the molecule is COCC(=O)N1CCCN(C(C)C)CCN(C(=O)CCCc2ccccc2OC)Cc2ccc(Cl)cc21. The minimum Gasteiger partial charge on any atom is -0.496 e. The number of rotatable bonds is 8. The molecule has 1 aliphatic rings. The van der Waals surface area contributed by atoms with Crippen molar-refractivity contribution < 1.29 is 19.1 Å². The maximum atomic E-state index is 13.5. The average Bonchev–Trinajstić information content (AvgIpc) is 2.91. The van der Waals surface area contributed by atoms with Crippen LogP contribution in [0.1, 0.15) is 44.2 Å². The highest BCUT2D eigenvalue weighted by Crippen LogP contribution is 2.28. The molecular formula is C29H40ClN3O4. The van der Waals surface area contributed by atoms with Crippen LogP contribution in [0.4, 0.5) is 5.69 Å². The van der Waals surface area contributed by atoms with Crippen molar-refractivity contribution in [2.75, 3.05) is 51.9 Å². The number of carbonyl (C=O) groups excluding carboxylic acids is 2. The maximum absolute atomic E-state index is 13.5. The second-order valence-electron chi connectivity index (χ2n) is 9.72. The molecule has 1 aliphatic heterocycles. The lowest BCUT2D eigenvalue weighted by Gasteiger charge is -2.30. The quantitative estimate of drug-likeness (QED) is 0.492. The number of ether oxygens (including phenoxy) is 2. The predicted molar refractivity (Wildman–Crippen MR) is 148 cm³/mol. The molecule has 0 saturated heterocycles. The van der Waals surface area contributed by atoms with Crippen LogP contribution in [0.2, 0.25) is 5.02 Å². The third-order valence-electron chi connectivity index (χ3n) is 6.86. The Labute approximate surface area is 226 Å². The molecule has 2 aromatic rings. The summed E-state index contributed by atoms with van der Waals surface area (Å²) in [5, 5.41) is 0.558. The second kappa shape index (κ2) is 14.4. The van der Waals surface area contributed by atoms with Gasteiger partial charge in [0.05, 0.1) is 12.8 Å². The molecule has 0 saturated carbocycles. The van der Waals surface area contributed by atoms with Crippen molar-refractivity contribution in [3.63, 3.8) is 0 Å². The molecule has 8 heteroatoms. The van der Waals surface area contributed by atoms with Crippen LogP contribution in [0.3, 0.4) is 0 Å². The number of carbonyl (C=O) groups is 2. The molecule has 0 spiro atoms. The van der Waals surface area contributed by atoms with E-state index in [9.17, 15) is 9.59 Å². The van der Waals surface area contributed by atoms with E-state index >= 15 is 0 Å². The molecule has 0 atom stereocenters. The number of methoxy groups -OCH3 is 2. The molecule has 3 rings (SSSR count). The summed E-state index contributed by atoms with van der Waals surface area (Å²) in [6, 6.07) is 13.9. The third kappa shape index (κ3) is 8.19. The normalized spacial score (nSPS) is 15.3. The highest BCUT2D eigenvalue weighted by Gasteiger charge is 2.24. The zero-order chi connectivity index (χ0) is 26.8. The van der Waals surface area contributed by atoms with E-state index in [4.69, 9.17) is 21.1 Å². The standard InChI is InChI=1S/C29H40ClN3O4/c1-22(2)31-15-8-16-33(29(35)21-36-3)26-19-25(30)14-13-24(26)20-32(18-17-31)28(34)12-7-10-23-9-5-6-11-27(23)37-4/h5-6,9,11,13-14,19,22H,7-8,10,12,15-18,20-21H2,1-4H3. The molecule has 0 N–H and O–H groups in total. The van der Waals surface area contributed by atoms with Crippen LogP contribution in [-0.2, 0) is 27.3 Å². The molecule has 0 fully saturated rings. The van der Waals surface area contributed by atoms with Gasteiger partial charge in [0.1, 0.15) is 12.4 Å². The van der Waals surface area contributed by atoms with Gasteiger partial charge >= 0.3 is 0 Å². The lowest BCUT2D eigenvalue weighted by atomic mass is 10.1. The van der Waals surface area contributed by atoms with Crippen molar-refractivity contribution in [3.05, 3.63) is 58.6 Å². The van der Waals surface area contributed by atoms with Crippen LogP contribution in [0.25, 0.3) is 0 Å². The van der Waals surface area contributed by atoms with Gasteiger partial charge in [-0.2, -0.15) is 0 Å². The summed E-state index contributed by atoms with van der Waals surface area (Å²) in [5.41, 5.74) is 2.76. The van der Waals surface area contributed by atoms with Gasteiger partial charge in [0.2, 0.25) is 5.91 Å². The highest BCUT2D eigenvalue weighted by molar-refractivity contribution is 6.31. The number of halogens is 1. The van der Waals surface area contributed by atoms with E-state index in [1.165, 1.54) is 7.11 Å². The highest BCUT2D eigenvalue weighted by atomic mass is 35.5. The fraction of sp³-hybridized carbons (Fsp3) is 0.517. The summed E-state index contributed by atoms with van der Waals surface area (Å²) < 4.78 is 10.6. The topological polar surface area (TPSA) is 62.3 Å². The lowest BCUT2D eigenvalue weighted by molar-refractivity contribution is -0.132. The molecule has 0 aromatic heterocycles. The van der Waals surface area contributed by atoms with Gasteiger partial charge in [0, 0.05) is 57.3 Å². The van der Waals surface area contributed by atoms with E-state index in [1.54, 1.807) is 12.0 Å². The van der Waals surface area contributed by atoms with E-state index in [0.29, 0.717) is 37.1 Å². The number of benzene rings is 2. The Bertz CT molecular complexity index is 1050. The minimum atomic E-state index is -0.115. The van der Waals surface area contributed by atoms with Crippen molar-refractivity contribution in [1.29, 1.82) is 0 Å². The largest absolute Gasteiger partial charge is 0.496 e. The monoisotopic (exact) mass is 529 g/mol. The summed E-state index contributed by atoms with van der Waals surface area (Å²) in [4.78, 5) is 32.6. The second-order valence-corrected chi connectivity index (χ2v) is 10.2. The fourth-order valence-corrected chi connectivity index (χ4v) is 4.97. The summed E-state index contributed by atoms with van der Waals surface area (Å²) >= 11 is 6.37. The van der Waals surface area contributed by atoms with Gasteiger partial charge in [0.15, 0.2) is 0 Å². The van der Waals surface area contributed by atoms with Crippen molar-refractivity contribution in [2.45, 2.75) is 52.1 Å². The molecule has 0 unspecified atom stereocenters. The number of anilines is 1. The molecule has 37 heavy (non-hydrogen) atoms. The Balaban J connectivity index is 1.84. The van der Waals surface area contributed by atoms with Crippen molar-refractivity contribution in [2.24, 2.45) is 0 Å². The third-order valence-corrected chi connectivity index (χ3v) is 7.10. The van der Waals surface area contributed by atoms with Crippen LogP contribution in [0, 0.1) is 0 Å². The first-order chi connectivity index (χ1) is 17.8. The number of nitrogens with zero attached hydrogens (tertiary/aromatic N) is 3. The fourth-order valence-electron chi connectivity index (χ4n) is 4.81. The van der Waals surface area contributed by atoms with Crippen LogP contribution in [0.5, 0.6) is 5.75 Å². The molecule has 0 bridgehead atoms. The number of hydrogen-bond donors (Lipinski definition) is 0. The van der Waals surface area contributed by atoms with Crippen LogP contribution in [-0.4, -0.2) is 74.7 Å². The van der Waals surface area contributed by atoms with Crippen LogP contribution >= 0.6 is 11.6 Å². The molecule has 1 heterocycles. The van der Waals surface area contributed by atoms with E-state index in [0.717, 1.165) is 54.9 Å². The Morgan fingerprint density at radius 3 is 2.51 bits per heavy atom. The molecular weight excluding hydrogens is 490 g/mol. The van der Waals surface area contributed by atoms with Gasteiger partial charge in [-0.05, 0) is 62.4 Å². The Kier molecular flexibility index (Phi) is 11.2. The lowest BCUT2D eigenvalue weighted by Crippen LogP contribution is -2.41. The number of amides is 2. The van der Waals surface area contributed by atoms with E-state index in [1.807, 2.05) is 47.4 Å². The van der Waals surface area contributed by atoms with Gasteiger partial charge in [0.25, 0.3) is 5.91 Å². The van der Waals surface area contributed by atoms with Gasteiger partial charge < -0.3 is 19.3 Å². The molecule has 7 nitrogen and oxygen atoms in total. The van der Waals surface area contributed by atoms with Crippen LogP contribution in [0.15, 0.2) is 42.5 Å². The predicted octanol–water partition coefficient (Wildman–Crippen LogP) is 4.79. The molecule has 202 valence electrons.